The maximum absolute atomic E-state index is 13.5. The Bertz CT molecular complexity index is 665. The molecule has 3 N–H and O–H groups in total. The minimum atomic E-state index is -0.920. The van der Waals surface area contributed by atoms with E-state index in [4.69, 9.17) is 5.73 Å². The van der Waals surface area contributed by atoms with Gasteiger partial charge in [-0.15, -0.1) is 0 Å². The summed E-state index contributed by atoms with van der Waals surface area (Å²) in [5, 5.41) is 2.71. The first-order valence-corrected chi connectivity index (χ1v) is 6.87. The van der Waals surface area contributed by atoms with E-state index in [1.807, 2.05) is 30.5 Å². The maximum atomic E-state index is 13.5. The van der Waals surface area contributed by atoms with E-state index in [9.17, 15) is 9.18 Å². The number of carbonyl (C=O) groups is 1. The molecule has 1 amide bonds. The first-order valence-electron chi connectivity index (χ1n) is 6.87. The molecule has 0 saturated heterocycles. The number of imidazole rings is 1. The first-order chi connectivity index (χ1) is 10.0. The number of nitrogens with zero attached hydrogens (tertiary/aromatic N) is 2. The molecule has 0 saturated carbocycles. The van der Waals surface area contributed by atoms with Crippen LogP contribution in [0.25, 0.3) is 11.3 Å². The van der Waals surface area contributed by atoms with Gasteiger partial charge in [-0.05, 0) is 12.1 Å². The van der Waals surface area contributed by atoms with Gasteiger partial charge in [-0.2, -0.15) is 0 Å². The third-order valence-corrected chi connectivity index (χ3v) is 3.54. The van der Waals surface area contributed by atoms with Crippen molar-refractivity contribution in [2.75, 3.05) is 5.32 Å². The van der Waals surface area contributed by atoms with Crippen molar-refractivity contribution >= 4 is 11.6 Å². The highest BCUT2D eigenvalue weighted by Gasteiger charge is 2.26. The molecule has 2 atom stereocenters. The number of amides is 1. The molecule has 5 nitrogen and oxygen atoms in total. The molecule has 0 radical (unpaired) electrons. The van der Waals surface area contributed by atoms with Crippen molar-refractivity contribution in [3.63, 3.8) is 0 Å². The number of nitrogens with two attached hydrogens (primary N) is 1. The van der Waals surface area contributed by atoms with Crippen LogP contribution in [0.3, 0.4) is 0 Å². The molecule has 2 heterocycles. The lowest BCUT2D eigenvalue weighted by molar-refractivity contribution is -0.114. The van der Waals surface area contributed by atoms with Crippen molar-refractivity contribution in [1.29, 1.82) is 0 Å². The van der Waals surface area contributed by atoms with Crippen LogP contribution in [-0.2, 0) is 11.3 Å². The lowest BCUT2D eigenvalue weighted by Gasteiger charge is -2.22. The topological polar surface area (TPSA) is 72.9 Å². The van der Waals surface area contributed by atoms with Gasteiger partial charge in [-0.1, -0.05) is 12.1 Å². The molecule has 110 valence electrons. The smallest absolute Gasteiger partial charge is 0.221 e. The highest BCUT2D eigenvalue weighted by molar-refractivity contribution is 5.88. The van der Waals surface area contributed by atoms with Crippen LogP contribution in [0.4, 0.5) is 10.1 Å². The van der Waals surface area contributed by atoms with E-state index in [0.717, 1.165) is 22.8 Å². The van der Waals surface area contributed by atoms with Crippen molar-refractivity contribution in [1.82, 2.24) is 9.55 Å². The van der Waals surface area contributed by atoms with E-state index < -0.39 is 6.17 Å². The Morgan fingerprint density at radius 3 is 2.81 bits per heavy atom. The standard InChI is InChI=1S/C15H17FN4O/c1-9(21)18-12-4-2-10(3-5-12)14-8-20-7-11(16)6-13(17)15(20)19-14/h2-5,8,11,13H,6-7,17H2,1H3,(H,18,21). The molecule has 0 fully saturated rings. The summed E-state index contributed by atoms with van der Waals surface area (Å²) in [6, 6.07) is 7.01. The fraction of sp³-hybridized carbons (Fsp3) is 0.333. The van der Waals surface area contributed by atoms with E-state index in [1.54, 1.807) is 4.57 Å². The molecule has 21 heavy (non-hydrogen) atoms. The van der Waals surface area contributed by atoms with Crippen LogP contribution < -0.4 is 11.1 Å². The van der Waals surface area contributed by atoms with E-state index >= 15 is 0 Å². The summed E-state index contributed by atoms with van der Waals surface area (Å²) in [6.07, 6.45) is 1.23. The van der Waals surface area contributed by atoms with Crippen LogP contribution in [0.2, 0.25) is 0 Å². The maximum Gasteiger partial charge on any atom is 0.221 e. The molecule has 1 aliphatic rings. The fourth-order valence-corrected chi connectivity index (χ4v) is 2.61. The Balaban J connectivity index is 1.88. The molecule has 2 aromatic rings. The van der Waals surface area contributed by atoms with E-state index in [0.29, 0.717) is 13.0 Å². The largest absolute Gasteiger partial charge is 0.330 e. The molecular weight excluding hydrogens is 271 g/mol. The van der Waals surface area contributed by atoms with E-state index in [2.05, 4.69) is 10.3 Å². The van der Waals surface area contributed by atoms with Crippen LogP contribution in [0, 0.1) is 0 Å². The van der Waals surface area contributed by atoms with Gasteiger partial charge < -0.3 is 15.6 Å². The van der Waals surface area contributed by atoms with Crippen molar-refractivity contribution in [2.24, 2.45) is 5.73 Å². The van der Waals surface area contributed by atoms with Gasteiger partial charge in [-0.3, -0.25) is 4.79 Å². The van der Waals surface area contributed by atoms with Crippen LogP contribution in [0.5, 0.6) is 0 Å². The average molecular weight is 288 g/mol. The zero-order chi connectivity index (χ0) is 15.0. The summed E-state index contributed by atoms with van der Waals surface area (Å²) in [5.74, 6) is 0.616. The second kappa shape index (κ2) is 5.29. The first kappa shape index (κ1) is 13.8. The van der Waals surface area contributed by atoms with Gasteiger partial charge in [0, 0.05) is 30.8 Å². The number of aromatic nitrogens is 2. The summed E-state index contributed by atoms with van der Waals surface area (Å²) in [7, 11) is 0. The van der Waals surface area contributed by atoms with Gasteiger partial charge in [-0.25, -0.2) is 9.37 Å². The zero-order valence-corrected chi connectivity index (χ0v) is 11.7. The SMILES string of the molecule is CC(=O)Nc1ccc(-c2cn3c(n2)C(N)CC(F)C3)cc1. The van der Waals surface area contributed by atoms with Crippen molar-refractivity contribution in [2.45, 2.75) is 32.1 Å². The molecule has 3 rings (SSSR count). The number of alkyl halides is 1. The summed E-state index contributed by atoms with van der Waals surface area (Å²) in [6.45, 7) is 1.77. The molecule has 0 bridgehead atoms. The number of fused-ring (bicyclic) bond motifs is 1. The molecule has 0 spiro atoms. The Morgan fingerprint density at radius 2 is 2.14 bits per heavy atom. The Kier molecular flexibility index (Phi) is 3.47. The number of hydrogen-bond acceptors (Lipinski definition) is 3. The normalized spacial score (nSPS) is 20.9. The summed E-state index contributed by atoms with van der Waals surface area (Å²) < 4.78 is 15.3. The van der Waals surface area contributed by atoms with Gasteiger partial charge in [0.1, 0.15) is 12.0 Å². The second-order valence-corrected chi connectivity index (χ2v) is 5.33. The number of halogens is 1. The van der Waals surface area contributed by atoms with Crippen molar-refractivity contribution < 1.29 is 9.18 Å². The quantitative estimate of drug-likeness (QED) is 0.890. The van der Waals surface area contributed by atoms with Crippen LogP contribution in [0.1, 0.15) is 25.2 Å². The molecule has 1 aromatic carbocycles. The third-order valence-electron chi connectivity index (χ3n) is 3.54. The van der Waals surface area contributed by atoms with Crippen LogP contribution >= 0.6 is 0 Å². The van der Waals surface area contributed by atoms with Crippen molar-refractivity contribution in [3.8, 4) is 11.3 Å². The Hall–Kier alpha value is -2.21. The third kappa shape index (κ3) is 2.80. The number of hydrogen-bond donors (Lipinski definition) is 2. The predicted octanol–water partition coefficient (Wildman–Crippen LogP) is 2.25. The number of nitrogens with one attached hydrogen (secondary N) is 1. The van der Waals surface area contributed by atoms with Gasteiger partial charge >= 0.3 is 0 Å². The van der Waals surface area contributed by atoms with Crippen LogP contribution in [0.15, 0.2) is 30.5 Å². The average Bonchev–Trinajstić information content (AvgIpc) is 2.83. The number of carbonyl (C=O) groups excluding carboxylic acids is 1. The Labute approximate surface area is 122 Å². The summed E-state index contributed by atoms with van der Waals surface area (Å²) >= 11 is 0. The van der Waals surface area contributed by atoms with Gasteiger partial charge in [0.25, 0.3) is 0 Å². The van der Waals surface area contributed by atoms with Crippen LogP contribution in [-0.4, -0.2) is 21.6 Å². The molecule has 1 aliphatic heterocycles. The van der Waals surface area contributed by atoms with E-state index in [-0.39, 0.29) is 11.9 Å². The molecule has 2 unspecified atom stereocenters. The highest BCUT2D eigenvalue weighted by atomic mass is 19.1. The minimum Gasteiger partial charge on any atom is -0.330 e. The monoisotopic (exact) mass is 288 g/mol. The van der Waals surface area contributed by atoms with Gasteiger partial charge in [0.05, 0.1) is 18.3 Å². The highest BCUT2D eigenvalue weighted by Crippen LogP contribution is 2.28. The number of anilines is 1. The number of rotatable bonds is 2. The Morgan fingerprint density at radius 1 is 1.43 bits per heavy atom. The molecule has 0 aliphatic carbocycles. The van der Waals surface area contributed by atoms with Crippen molar-refractivity contribution in [3.05, 3.63) is 36.3 Å². The molecule has 6 heteroatoms. The number of benzene rings is 1. The fourth-order valence-electron chi connectivity index (χ4n) is 2.61. The molecular formula is C15H17FN4O. The van der Waals surface area contributed by atoms with E-state index in [1.165, 1.54) is 6.92 Å². The zero-order valence-electron chi connectivity index (χ0n) is 11.7. The molecule has 1 aromatic heterocycles. The lowest BCUT2D eigenvalue weighted by atomic mass is 10.1. The summed E-state index contributed by atoms with van der Waals surface area (Å²) in [4.78, 5) is 15.5. The second-order valence-electron chi connectivity index (χ2n) is 5.33. The summed E-state index contributed by atoms with van der Waals surface area (Å²) in [5.41, 5.74) is 8.35. The lowest BCUT2D eigenvalue weighted by Crippen LogP contribution is -2.29. The van der Waals surface area contributed by atoms with Gasteiger partial charge in [0.15, 0.2) is 0 Å². The minimum absolute atomic E-state index is 0.111. The predicted molar refractivity (Wildman–Crippen MR) is 78.4 cm³/mol. The van der Waals surface area contributed by atoms with Gasteiger partial charge in [0.2, 0.25) is 5.91 Å².